The van der Waals surface area contributed by atoms with Crippen LogP contribution in [0.25, 0.3) is 0 Å². The van der Waals surface area contributed by atoms with Crippen LogP contribution in [0.3, 0.4) is 0 Å². The van der Waals surface area contributed by atoms with Gasteiger partial charge in [0.15, 0.2) is 0 Å². The minimum absolute atomic E-state index is 0.0328. The molecule has 4 heteroatoms. The predicted molar refractivity (Wildman–Crippen MR) is 51.5 cm³/mol. The molecule has 4 nitrogen and oxygen atoms in total. The van der Waals surface area contributed by atoms with Gasteiger partial charge in [-0.15, -0.1) is 0 Å². The molecular weight excluding hydrogens is 168 g/mol. The van der Waals surface area contributed by atoms with Gasteiger partial charge in [0, 0.05) is 33.0 Å². The summed E-state index contributed by atoms with van der Waals surface area (Å²) in [5.41, 5.74) is 0. The van der Waals surface area contributed by atoms with Gasteiger partial charge in [0.1, 0.15) is 5.78 Å². The molecule has 0 heterocycles. The lowest BCUT2D eigenvalue weighted by atomic mass is 10.2. The Balaban J connectivity index is 3.63. The fourth-order valence-corrected chi connectivity index (χ4v) is 0.878. The average Bonchev–Trinajstić information content (AvgIpc) is 2.10. The molecule has 0 aliphatic carbocycles. The monoisotopic (exact) mass is 186 g/mol. The highest BCUT2D eigenvalue weighted by molar-refractivity contribution is 5.83. The summed E-state index contributed by atoms with van der Waals surface area (Å²) in [7, 11) is 3.59. The van der Waals surface area contributed by atoms with Crippen molar-refractivity contribution in [2.45, 2.75) is 19.8 Å². The van der Waals surface area contributed by atoms with Crippen molar-refractivity contribution in [2.24, 2.45) is 0 Å². The summed E-state index contributed by atoms with van der Waals surface area (Å²) in [6.45, 7) is 2.97. The molecule has 0 unspecified atom stereocenters. The third-order valence-electron chi connectivity index (χ3n) is 1.81. The Labute approximate surface area is 79.3 Å². The third kappa shape index (κ3) is 6.28. The van der Waals surface area contributed by atoms with Crippen molar-refractivity contribution in [3.63, 3.8) is 0 Å². The average molecular weight is 186 g/mol. The van der Waals surface area contributed by atoms with Crippen molar-refractivity contribution in [2.75, 3.05) is 27.2 Å². The zero-order chi connectivity index (χ0) is 10.3. The number of likely N-dealkylation sites (N-methyl/N-ethyl adjacent to an activating group) is 2. The highest BCUT2D eigenvalue weighted by atomic mass is 16.2. The Kier molecular flexibility index (Phi) is 6.14. The first-order chi connectivity index (χ1) is 6.07. The number of nitrogens with zero attached hydrogens (tertiary/aromatic N) is 1. The second-order valence-electron chi connectivity index (χ2n) is 3.12. The quantitative estimate of drug-likeness (QED) is 0.637. The third-order valence-corrected chi connectivity index (χ3v) is 1.81. The Bertz CT molecular complexity index is 180. The summed E-state index contributed by atoms with van der Waals surface area (Å²) < 4.78 is 0. The first kappa shape index (κ1) is 12.1. The highest BCUT2D eigenvalue weighted by Gasteiger charge is 2.08. The van der Waals surface area contributed by atoms with E-state index in [9.17, 15) is 9.59 Å². The number of carbonyl (C=O) groups excluding carboxylic acids is 2. The van der Waals surface area contributed by atoms with Crippen LogP contribution in [-0.2, 0) is 9.59 Å². The van der Waals surface area contributed by atoms with Crippen LogP contribution in [-0.4, -0.2) is 43.8 Å². The number of rotatable bonds is 6. The number of amides is 1. The number of nitrogens with one attached hydrogen (secondary N) is 1. The Morgan fingerprint density at radius 2 is 1.92 bits per heavy atom. The maximum absolute atomic E-state index is 11.3. The smallest absolute Gasteiger partial charge is 0.222 e. The molecule has 0 fully saturated rings. The lowest BCUT2D eigenvalue weighted by molar-refractivity contribution is -0.131. The maximum Gasteiger partial charge on any atom is 0.222 e. The molecule has 0 spiro atoms. The van der Waals surface area contributed by atoms with Crippen molar-refractivity contribution in [1.82, 2.24) is 10.2 Å². The fourth-order valence-electron chi connectivity index (χ4n) is 0.878. The zero-order valence-electron chi connectivity index (χ0n) is 8.59. The van der Waals surface area contributed by atoms with E-state index < -0.39 is 0 Å². The van der Waals surface area contributed by atoms with Crippen molar-refractivity contribution >= 4 is 11.7 Å². The molecule has 0 aromatic rings. The molecule has 0 aliphatic heterocycles. The number of carbonyl (C=O) groups is 2. The normalized spacial score (nSPS) is 9.77. The van der Waals surface area contributed by atoms with Gasteiger partial charge in [-0.2, -0.15) is 0 Å². The van der Waals surface area contributed by atoms with E-state index >= 15 is 0 Å². The van der Waals surface area contributed by atoms with Gasteiger partial charge in [-0.3, -0.25) is 4.79 Å². The molecule has 13 heavy (non-hydrogen) atoms. The second kappa shape index (κ2) is 6.60. The van der Waals surface area contributed by atoms with Crippen LogP contribution < -0.4 is 5.32 Å². The lowest BCUT2D eigenvalue weighted by Crippen LogP contribution is -2.32. The number of Topliss-reactive ketones (excluding diaryl/α,β-unsaturated/α-hetero) is 1. The van der Waals surface area contributed by atoms with E-state index in [2.05, 4.69) is 5.32 Å². The summed E-state index contributed by atoms with van der Waals surface area (Å²) in [5, 5.41) is 2.96. The van der Waals surface area contributed by atoms with Gasteiger partial charge < -0.3 is 15.0 Å². The standard InChI is InChI=1S/C9H18N2O2/c1-8(12)4-5-9(13)11(3)7-6-10-2/h10H,4-7H2,1-3H3. The van der Waals surface area contributed by atoms with Crippen molar-refractivity contribution in [3.05, 3.63) is 0 Å². The Hall–Kier alpha value is -0.900. The number of hydrogen-bond donors (Lipinski definition) is 1. The van der Waals surface area contributed by atoms with E-state index in [1.807, 2.05) is 7.05 Å². The summed E-state index contributed by atoms with van der Waals surface area (Å²) >= 11 is 0. The molecule has 0 aliphatic rings. The van der Waals surface area contributed by atoms with Gasteiger partial charge in [0.25, 0.3) is 0 Å². The summed E-state index contributed by atoms with van der Waals surface area (Å²) in [6.07, 6.45) is 0.679. The van der Waals surface area contributed by atoms with Crippen LogP contribution in [0.2, 0.25) is 0 Å². The molecule has 1 N–H and O–H groups in total. The van der Waals surface area contributed by atoms with Crippen LogP contribution in [0.15, 0.2) is 0 Å². The van der Waals surface area contributed by atoms with Gasteiger partial charge in [0.05, 0.1) is 0 Å². The molecule has 0 atom stereocenters. The van der Waals surface area contributed by atoms with Crippen LogP contribution in [0, 0.1) is 0 Å². The minimum atomic E-state index is 0.0328. The first-order valence-corrected chi connectivity index (χ1v) is 4.46. The Morgan fingerprint density at radius 1 is 1.31 bits per heavy atom. The van der Waals surface area contributed by atoms with E-state index in [4.69, 9.17) is 0 Å². The van der Waals surface area contributed by atoms with Gasteiger partial charge in [0.2, 0.25) is 5.91 Å². The van der Waals surface area contributed by atoms with Crippen LogP contribution in [0.1, 0.15) is 19.8 Å². The molecule has 0 aromatic heterocycles. The summed E-state index contributed by atoms with van der Waals surface area (Å²) in [5.74, 6) is 0.0980. The summed E-state index contributed by atoms with van der Waals surface area (Å²) in [4.78, 5) is 23.5. The SMILES string of the molecule is CNCCN(C)C(=O)CCC(C)=O. The van der Waals surface area contributed by atoms with E-state index in [-0.39, 0.29) is 11.7 Å². The minimum Gasteiger partial charge on any atom is -0.344 e. The van der Waals surface area contributed by atoms with Crippen LogP contribution in [0.5, 0.6) is 0 Å². The fraction of sp³-hybridized carbons (Fsp3) is 0.778. The molecule has 0 bridgehead atoms. The van der Waals surface area contributed by atoms with Gasteiger partial charge in [-0.25, -0.2) is 0 Å². The van der Waals surface area contributed by atoms with Crippen molar-refractivity contribution in [3.8, 4) is 0 Å². The topological polar surface area (TPSA) is 49.4 Å². The number of ketones is 1. The number of hydrogen-bond acceptors (Lipinski definition) is 3. The van der Waals surface area contributed by atoms with E-state index in [1.54, 1.807) is 11.9 Å². The van der Waals surface area contributed by atoms with E-state index in [1.165, 1.54) is 6.92 Å². The van der Waals surface area contributed by atoms with Crippen LogP contribution in [0.4, 0.5) is 0 Å². The molecule has 76 valence electrons. The van der Waals surface area contributed by atoms with Gasteiger partial charge in [-0.05, 0) is 14.0 Å². The molecule has 0 rings (SSSR count). The molecule has 0 saturated carbocycles. The zero-order valence-corrected chi connectivity index (χ0v) is 8.59. The first-order valence-electron chi connectivity index (χ1n) is 4.46. The Morgan fingerprint density at radius 3 is 2.38 bits per heavy atom. The molecule has 0 radical (unpaired) electrons. The van der Waals surface area contributed by atoms with Gasteiger partial charge >= 0.3 is 0 Å². The van der Waals surface area contributed by atoms with E-state index in [0.29, 0.717) is 19.4 Å². The predicted octanol–water partition coefficient (Wildman–Crippen LogP) is 0.0334. The van der Waals surface area contributed by atoms with Crippen molar-refractivity contribution in [1.29, 1.82) is 0 Å². The van der Waals surface area contributed by atoms with Crippen LogP contribution >= 0.6 is 0 Å². The van der Waals surface area contributed by atoms with Crippen molar-refractivity contribution < 1.29 is 9.59 Å². The molecule has 0 saturated heterocycles. The second-order valence-corrected chi connectivity index (χ2v) is 3.12. The maximum atomic E-state index is 11.3. The van der Waals surface area contributed by atoms with Gasteiger partial charge in [-0.1, -0.05) is 0 Å². The molecular formula is C9H18N2O2. The summed E-state index contributed by atoms with van der Waals surface area (Å²) in [6, 6.07) is 0. The highest BCUT2D eigenvalue weighted by Crippen LogP contribution is 1.95. The molecule has 1 amide bonds. The van der Waals surface area contributed by atoms with E-state index in [0.717, 1.165) is 6.54 Å². The molecule has 0 aromatic carbocycles. The lowest BCUT2D eigenvalue weighted by Gasteiger charge is -2.16. The largest absolute Gasteiger partial charge is 0.344 e.